The number of carbonyl (C=O) groups excluding carboxylic acids is 2. The van der Waals surface area contributed by atoms with Crippen LogP contribution in [0.3, 0.4) is 0 Å². The third-order valence-corrected chi connectivity index (χ3v) is 3.52. The maximum absolute atomic E-state index is 13.3. The molecule has 2 aromatic carbocycles. The third kappa shape index (κ3) is 2.98. The average Bonchev–Trinajstić information content (AvgIpc) is 2.92. The molecule has 1 unspecified atom stereocenters. The van der Waals surface area contributed by atoms with Crippen molar-refractivity contribution in [2.45, 2.75) is 12.5 Å². The molecule has 22 heavy (non-hydrogen) atoms. The molecular weight excluding hydrogens is 285 g/mol. The number of hydrogen-bond acceptors (Lipinski definition) is 3. The Balaban J connectivity index is 1.81. The molecule has 3 rings (SSSR count). The Morgan fingerprint density at radius 1 is 1.14 bits per heavy atom. The predicted octanol–water partition coefficient (Wildman–Crippen LogP) is 2.54. The second kappa shape index (κ2) is 5.97. The number of rotatable bonds is 3. The van der Waals surface area contributed by atoms with E-state index in [4.69, 9.17) is 4.74 Å². The number of nitrogens with one attached hydrogen (secondary N) is 1. The summed E-state index contributed by atoms with van der Waals surface area (Å²) in [7, 11) is 0. The lowest BCUT2D eigenvalue weighted by Crippen LogP contribution is -2.37. The number of carbonyl (C=O) groups is 2. The molecule has 1 fully saturated rings. The van der Waals surface area contributed by atoms with E-state index >= 15 is 0 Å². The van der Waals surface area contributed by atoms with Gasteiger partial charge in [0.2, 0.25) is 0 Å². The van der Waals surface area contributed by atoms with Gasteiger partial charge in [-0.25, -0.2) is 9.18 Å². The van der Waals surface area contributed by atoms with Crippen molar-refractivity contribution >= 4 is 11.9 Å². The van der Waals surface area contributed by atoms with Crippen LogP contribution in [0.25, 0.3) is 11.1 Å². The lowest BCUT2D eigenvalue weighted by molar-refractivity contribution is -0.139. The monoisotopic (exact) mass is 299 g/mol. The number of cyclic esters (lactones) is 1. The largest absolute Gasteiger partial charge is 0.464 e. The van der Waals surface area contributed by atoms with Crippen molar-refractivity contribution in [3.05, 3.63) is 59.9 Å². The van der Waals surface area contributed by atoms with Crippen molar-refractivity contribution in [3.8, 4) is 11.1 Å². The summed E-state index contributed by atoms with van der Waals surface area (Å²) in [6.45, 7) is 0.326. The Hall–Kier alpha value is -2.69. The first-order valence-electron chi connectivity index (χ1n) is 6.97. The van der Waals surface area contributed by atoms with Gasteiger partial charge in [0.05, 0.1) is 6.61 Å². The molecule has 1 atom stereocenters. The van der Waals surface area contributed by atoms with Gasteiger partial charge in [-0.05, 0) is 35.4 Å². The molecule has 1 aliphatic rings. The van der Waals surface area contributed by atoms with Crippen molar-refractivity contribution in [2.75, 3.05) is 6.61 Å². The molecule has 1 aliphatic heterocycles. The number of ether oxygens (including phenoxy) is 1. The molecule has 0 spiro atoms. The molecule has 1 amide bonds. The summed E-state index contributed by atoms with van der Waals surface area (Å²) >= 11 is 0. The minimum absolute atomic E-state index is 0.326. The molecule has 1 saturated heterocycles. The molecular formula is C17H14FNO3. The molecule has 0 radical (unpaired) electrons. The zero-order valence-corrected chi connectivity index (χ0v) is 11.7. The molecule has 0 aromatic heterocycles. The van der Waals surface area contributed by atoms with Crippen molar-refractivity contribution < 1.29 is 18.7 Å². The molecule has 1 heterocycles. The summed E-state index contributed by atoms with van der Waals surface area (Å²) in [5.41, 5.74) is 1.84. The van der Waals surface area contributed by atoms with E-state index in [0.717, 1.165) is 5.56 Å². The van der Waals surface area contributed by atoms with Gasteiger partial charge in [0.15, 0.2) is 0 Å². The molecule has 0 saturated carbocycles. The summed E-state index contributed by atoms with van der Waals surface area (Å²) in [4.78, 5) is 23.6. The number of hydrogen-bond donors (Lipinski definition) is 1. The minimum atomic E-state index is -0.592. The van der Waals surface area contributed by atoms with Crippen molar-refractivity contribution in [1.82, 2.24) is 5.32 Å². The SMILES string of the molecule is O=C(NC1CCOC1=O)c1cccc(-c2cccc(F)c2)c1. The van der Waals surface area contributed by atoms with Crippen LogP contribution in [0, 0.1) is 5.82 Å². The van der Waals surface area contributed by atoms with E-state index in [9.17, 15) is 14.0 Å². The summed E-state index contributed by atoms with van der Waals surface area (Å²) in [5, 5.41) is 2.65. The van der Waals surface area contributed by atoms with Crippen molar-refractivity contribution in [3.63, 3.8) is 0 Å². The molecule has 2 aromatic rings. The zero-order chi connectivity index (χ0) is 15.5. The smallest absolute Gasteiger partial charge is 0.328 e. The van der Waals surface area contributed by atoms with Crippen LogP contribution < -0.4 is 5.32 Å². The summed E-state index contributed by atoms with van der Waals surface area (Å²) in [5.74, 6) is -1.09. The first-order chi connectivity index (χ1) is 10.6. The maximum Gasteiger partial charge on any atom is 0.328 e. The van der Waals surface area contributed by atoms with Gasteiger partial charge in [-0.2, -0.15) is 0 Å². The highest BCUT2D eigenvalue weighted by molar-refractivity contribution is 5.98. The zero-order valence-electron chi connectivity index (χ0n) is 11.7. The third-order valence-electron chi connectivity index (χ3n) is 3.52. The van der Waals surface area contributed by atoms with Crippen LogP contribution >= 0.6 is 0 Å². The molecule has 5 heteroatoms. The lowest BCUT2D eigenvalue weighted by atomic mass is 10.0. The number of esters is 1. The van der Waals surface area contributed by atoms with Crippen LogP contribution in [-0.4, -0.2) is 24.5 Å². The van der Waals surface area contributed by atoms with Crippen LogP contribution in [0.5, 0.6) is 0 Å². The van der Waals surface area contributed by atoms with Gasteiger partial charge in [0.25, 0.3) is 5.91 Å². The van der Waals surface area contributed by atoms with Gasteiger partial charge in [-0.1, -0.05) is 24.3 Å². The van der Waals surface area contributed by atoms with Crippen LogP contribution in [0.4, 0.5) is 4.39 Å². The predicted molar refractivity (Wildman–Crippen MR) is 78.7 cm³/mol. The van der Waals surface area contributed by atoms with Gasteiger partial charge in [-0.3, -0.25) is 4.79 Å². The van der Waals surface area contributed by atoms with E-state index in [-0.39, 0.29) is 11.7 Å². The van der Waals surface area contributed by atoms with Crippen molar-refractivity contribution in [2.24, 2.45) is 0 Å². The van der Waals surface area contributed by atoms with E-state index in [1.54, 1.807) is 36.4 Å². The fraction of sp³-hybridized carbons (Fsp3) is 0.176. The van der Waals surface area contributed by atoms with Gasteiger partial charge in [0.1, 0.15) is 11.9 Å². The molecule has 0 bridgehead atoms. The van der Waals surface area contributed by atoms with Gasteiger partial charge < -0.3 is 10.1 Å². The highest BCUT2D eigenvalue weighted by atomic mass is 19.1. The van der Waals surface area contributed by atoms with Crippen LogP contribution in [0.15, 0.2) is 48.5 Å². The fourth-order valence-corrected chi connectivity index (χ4v) is 2.38. The first-order valence-corrected chi connectivity index (χ1v) is 6.97. The van der Waals surface area contributed by atoms with Gasteiger partial charge in [0, 0.05) is 12.0 Å². The highest BCUT2D eigenvalue weighted by Crippen LogP contribution is 2.21. The number of halogens is 1. The summed E-state index contributed by atoms with van der Waals surface area (Å²) < 4.78 is 18.1. The van der Waals surface area contributed by atoms with E-state index in [1.165, 1.54) is 12.1 Å². The summed E-state index contributed by atoms with van der Waals surface area (Å²) in [6, 6.07) is 12.4. The van der Waals surface area contributed by atoms with E-state index < -0.39 is 12.0 Å². The van der Waals surface area contributed by atoms with E-state index in [0.29, 0.717) is 24.2 Å². The second-order valence-electron chi connectivity index (χ2n) is 5.07. The maximum atomic E-state index is 13.3. The van der Waals surface area contributed by atoms with Crippen LogP contribution in [0.1, 0.15) is 16.8 Å². The Morgan fingerprint density at radius 3 is 2.55 bits per heavy atom. The van der Waals surface area contributed by atoms with E-state index in [2.05, 4.69) is 5.32 Å². The first kappa shape index (κ1) is 14.3. The Bertz CT molecular complexity index is 729. The topological polar surface area (TPSA) is 55.4 Å². The number of amides is 1. The Morgan fingerprint density at radius 2 is 1.86 bits per heavy atom. The Labute approximate surface area is 126 Å². The minimum Gasteiger partial charge on any atom is -0.464 e. The van der Waals surface area contributed by atoms with Crippen LogP contribution in [-0.2, 0) is 9.53 Å². The van der Waals surface area contributed by atoms with Gasteiger partial charge >= 0.3 is 5.97 Å². The van der Waals surface area contributed by atoms with E-state index in [1.807, 2.05) is 0 Å². The highest BCUT2D eigenvalue weighted by Gasteiger charge is 2.28. The van der Waals surface area contributed by atoms with Crippen LogP contribution in [0.2, 0.25) is 0 Å². The van der Waals surface area contributed by atoms with Gasteiger partial charge in [-0.15, -0.1) is 0 Å². The number of benzene rings is 2. The molecule has 0 aliphatic carbocycles. The Kier molecular flexibility index (Phi) is 3.87. The molecule has 1 N–H and O–H groups in total. The quantitative estimate of drug-likeness (QED) is 0.886. The lowest BCUT2D eigenvalue weighted by Gasteiger charge is -2.10. The average molecular weight is 299 g/mol. The van der Waals surface area contributed by atoms with Crippen molar-refractivity contribution in [1.29, 1.82) is 0 Å². The second-order valence-corrected chi connectivity index (χ2v) is 5.07. The normalized spacial score (nSPS) is 17.1. The fourth-order valence-electron chi connectivity index (χ4n) is 2.38. The molecule has 4 nitrogen and oxygen atoms in total. The molecule has 112 valence electrons. The summed E-state index contributed by atoms with van der Waals surface area (Å²) in [6.07, 6.45) is 0.480. The standard InChI is InChI=1S/C17H14FNO3/c18-14-6-2-4-12(10-14)11-3-1-5-13(9-11)16(20)19-15-7-8-22-17(15)21/h1-6,9-10,15H,7-8H2,(H,19,20).